The normalized spacial score (nSPS) is 15.5. The van der Waals surface area contributed by atoms with Gasteiger partial charge in [-0.15, -0.1) is 0 Å². The van der Waals surface area contributed by atoms with E-state index < -0.39 is 12.7 Å². The molecule has 0 bridgehead atoms. The third-order valence-corrected chi connectivity index (χ3v) is 1.83. The molecule has 1 atom stereocenters. The van der Waals surface area contributed by atoms with Crippen molar-refractivity contribution in [1.29, 1.82) is 0 Å². The molecule has 0 aromatic heterocycles. The molecule has 2 nitrogen and oxygen atoms in total. The van der Waals surface area contributed by atoms with E-state index in [0.717, 1.165) is 0 Å². The summed E-state index contributed by atoms with van der Waals surface area (Å²) >= 11 is 0. The van der Waals surface area contributed by atoms with Gasteiger partial charge in [-0.3, -0.25) is 4.90 Å². The van der Waals surface area contributed by atoms with Crippen molar-refractivity contribution in [3.63, 3.8) is 0 Å². The summed E-state index contributed by atoms with van der Waals surface area (Å²) in [6.07, 6.45) is -4.13. The van der Waals surface area contributed by atoms with E-state index >= 15 is 0 Å². The minimum atomic E-state index is -4.13. The Bertz CT molecular complexity index is 145. The number of likely N-dealkylation sites (N-methyl/N-ethyl adjacent to an activating group) is 1. The Hall–Kier alpha value is -0.290. The Morgan fingerprint density at radius 1 is 1.31 bits per heavy atom. The maximum absolute atomic E-state index is 11.9. The lowest BCUT2D eigenvalue weighted by molar-refractivity contribution is -0.143. The molecule has 0 aromatic rings. The Labute approximate surface area is 76.9 Å². The molecule has 0 aromatic carbocycles. The van der Waals surface area contributed by atoms with Crippen molar-refractivity contribution in [2.45, 2.75) is 26.1 Å². The number of halogens is 3. The molecule has 0 saturated heterocycles. The van der Waals surface area contributed by atoms with E-state index in [1.807, 2.05) is 13.8 Å². The van der Waals surface area contributed by atoms with E-state index in [-0.39, 0.29) is 18.5 Å². The maximum atomic E-state index is 11.9. The van der Waals surface area contributed by atoms with Gasteiger partial charge in [-0.1, -0.05) is 13.8 Å². The lowest BCUT2D eigenvalue weighted by Crippen LogP contribution is -2.42. The largest absolute Gasteiger partial charge is 0.401 e. The Kier molecular flexibility index (Phi) is 4.70. The van der Waals surface area contributed by atoms with Crippen LogP contribution in [-0.2, 0) is 0 Å². The number of nitrogens with zero attached hydrogens (tertiary/aromatic N) is 1. The van der Waals surface area contributed by atoms with E-state index in [1.165, 1.54) is 11.9 Å². The molecule has 2 N–H and O–H groups in total. The summed E-state index contributed by atoms with van der Waals surface area (Å²) in [6, 6.07) is -0.202. The molecule has 5 heteroatoms. The van der Waals surface area contributed by atoms with E-state index in [1.54, 1.807) is 0 Å². The zero-order chi connectivity index (χ0) is 10.6. The molecule has 0 rings (SSSR count). The quantitative estimate of drug-likeness (QED) is 0.741. The smallest absolute Gasteiger partial charge is 0.326 e. The molecule has 0 aliphatic carbocycles. The molecule has 80 valence electrons. The molecule has 0 saturated carbocycles. The summed E-state index contributed by atoms with van der Waals surface area (Å²) < 4.78 is 35.6. The highest BCUT2D eigenvalue weighted by Crippen LogP contribution is 2.15. The third-order valence-electron chi connectivity index (χ3n) is 1.83. The minimum Gasteiger partial charge on any atom is -0.326 e. The summed E-state index contributed by atoms with van der Waals surface area (Å²) in [7, 11) is 1.43. The third kappa shape index (κ3) is 6.83. The molecular formula is C8H17F3N2. The summed E-state index contributed by atoms with van der Waals surface area (Å²) in [5, 5.41) is 0. The van der Waals surface area contributed by atoms with Gasteiger partial charge in [0, 0.05) is 12.6 Å². The average Bonchev–Trinajstić information content (AvgIpc) is 1.81. The van der Waals surface area contributed by atoms with Crippen LogP contribution >= 0.6 is 0 Å². The highest BCUT2D eigenvalue weighted by Gasteiger charge is 2.29. The van der Waals surface area contributed by atoms with Gasteiger partial charge in [-0.05, 0) is 13.0 Å². The number of hydrogen-bond donors (Lipinski definition) is 1. The lowest BCUT2D eigenvalue weighted by Gasteiger charge is -2.24. The molecule has 13 heavy (non-hydrogen) atoms. The second kappa shape index (κ2) is 4.81. The Morgan fingerprint density at radius 3 is 2.08 bits per heavy atom. The van der Waals surface area contributed by atoms with E-state index in [2.05, 4.69) is 0 Å². The van der Waals surface area contributed by atoms with Gasteiger partial charge in [-0.2, -0.15) is 13.2 Å². The summed E-state index contributed by atoms with van der Waals surface area (Å²) in [6.45, 7) is 3.17. The van der Waals surface area contributed by atoms with Gasteiger partial charge in [0.25, 0.3) is 0 Å². The summed E-state index contributed by atoms with van der Waals surface area (Å²) in [4.78, 5) is 1.20. The van der Waals surface area contributed by atoms with Crippen LogP contribution in [0.3, 0.4) is 0 Å². The van der Waals surface area contributed by atoms with Crippen LogP contribution in [0.2, 0.25) is 0 Å². The van der Waals surface area contributed by atoms with Gasteiger partial charge in [0.15, 0.2) is 0 Å². The van der Waals surface area contributed by atoms with Crippen molar-refractivity contribution >= 4 is 0 Å². The SMILES string of the molecule is CC(C)C(N)CN(C)CC(F)(F)F. The van der Waals surface area contributed by atoms with Gasteiger partial charge < -0.3 is 5.73 Å². The zero-order valence-corrected chi connectivity index (χ0v) is 8.23. The molecule has 0 heterocycles. The molecule has 0 spiro atoms. The second-order valence-corrected chi connectivity index (χ2v) is 3.72. The maximum Gasteiger partial charge on any atom is 0.401 e. The summed E-state index contributed by atoms with van der Waals surface area (Å²) in [5.74, 6) is 0.204. The van der Waals surface area contributed by atoms with Crippen molar-refractivity contribution in [3.8, 4) is 0 Å². The van der Waals surface area contributed by atoms with Crippen molar-refractivity contribution < 1.29 is 13.2 Å². The molecule has 0 aliphatic heterocycles. The van der Waals surface area contributed by atoms with Gasteiger partial charge in [0.1, 0.15) is 0 Å². The van der Waals surface area contributed by atoms with Crippen LogP contribution in [0.15, 0.2) is 0 Å². The first kappa shape index (κ1) is 12.7. The van der Waals surface area contributed by atoms with Crippen molar-refractivity contribution in [2.75, 3.05) is 20.1 Å². The second-order valence-electron chi connectivity index (χ2n) is 3.72. The van der Waals surface area contributed by atoms with Crippen LogP contribution in [-0.4, -0.2) is 37.3 Å². The van der Waals surface area contributed by atoms with Gasteiger partial charge >= 0.3 is 6.18 Å². The molecule has 0 radical (unpaired) electrons. The van der Waals surface area contributed by atoms with Crippen molar-refractivity contribution in [2.24, 2.45) is 11.7 Å². The number of rotatable bonds is 4. The average molecular weight is 198 g/mol. The van der Waals surface area contributed by atoms with E-state index in [9.17, 15) is 13.2 Å². The number of alkyl halides is 3. The topological polar surface area (TPSA) is 29.3 Å². The van der Waals surface area contributed by atoms with Crippen molar-refractivity contribution in [3.05, 3.63) is 0 Å². The van der Waals surface area contributed by atoms with Crippen molar-refractivity contribution in [1.82, 2.24) is 4.90 Å². The Balaban J connectivity index is 3.81. The van der Waals surface area contributed by atoms with Crippen LogP contribution in [0.25, 0.3) is 0 Å². The molecule has 0 amide bonds. The highest BCUT2D eigenvalue weighted by molar-refractivity contribution is 4.70. The fraction of sp³-hybridized carbons (Fsp3) is 1.00. The fourth-order valence-corrected chi connectivity index (χ4v) is 0.941. The minimum absolute atomic E-state index is 0.202. The first-order chi connectivity index (χ1) is 5.72. The zero-order valence-electron chi connectivity index (χ0n) is 8.23. The van der Waals surface area contributed by atoms with Crippen LogP contribution in [0, 0.1) is 5.92 Å². The molecule has 1 unspecified atom stereocenters. The lowest BCUT2D eigenvalue weighted by atomic mass is 10.1. The summed E-state index contributed by atoms with van der Waals surface area (Å²) in [5.41, 5.74) is 5.63. The molecule has 0 fully saturated rings. The predicted molar refractivity (Wildman–Crippen MR) is 46.4 cm³/mol. The number of nitrogens with two attached hydrogens (primary N) is 1. The van der Waals surface area contributed by atoms with Crippen LogP contribution < -0.4 is 5.73 Å². The first-order valence-electron chi connectivity index (χ1n) is 4.23. The molecule has 0 aliphatic rings. The highest BCUT2D eigenvalue weighted by atomic mass is 19.4. The predicted octanol–water partition coefficient (Wildman–Crippen LogP) is 1.46. The van der Waals surface area contributed by atoms with Crippen LogP contribution in [0.5, 0.6) is 0 Å². The monoisotopic (exact) mass is 198 g/mol. The standard InChI is InChI=1S/C8H17F3N2/c1-6(2)7(12)4-13(3)5-8(9,10)11/h6-7H,4-5,12H2,1-3H3. The first-order valence-corrected chi connectivity index (χ1v) is 4.23. The van der Waals surface area contributed by atoms with Crippen LogP contribution in [0.1, 0.15) is 13.8 Å². The van der Waals surface area contributed by atoms with Crippen LogP contribution in [0.4, 0.5) is 13.2 Å². The van der Waals surface area contributed by atoms with Gasteiger partial charge in [0.2, 0.25) is 0 Å². The van der Waals surface area contributed by atoms with E-state index in [4.69, 9.17) is 5.73 Å². The van der Waals surface area contributed by atoms with Gasteiger partial charge in [0.05, 0.1) is 6.54 Å². The molecular weight excluding hydrogens is 181 g/mol. The van der Waals surface area contributed by atoms with Gasteiger partial charge in [-0.25, -0.2) is 0 Å². The Morgan fingerprint density at radius 2 is 1.77 bits per heavy atom. The van der Waals surface area contributed by atoms with E-state index in [0.29, 0.717) is 0 Å². The fourth-order valence-electron chi connectivity index (χ4n) is 0.941. The number of hydrogen-bond acceptors (Lipinski definition) is 2.